The Kier molecular flexibility index (Phi) is 19.5. The fourth-order valence-electron chi connectivity index (χ4n) is 3.68. The van der Waals surface area contributed by atoms with Crippen molar-refractivity contribution in [2.45, 2.75) is 0 Å². The number of carbonyl (C=O) groups is 2. The van der Waals surface area contributed by atoms with Crippen LogP contribution in [0.5, 0.6) is 0 Å². The van der Waals surface area contributed by atoms with Crippen LogP contribution < -0.4 is 0 Å². The van der Waals surface area contributed by atoms with Gasteiger partial charge in [0.2, 0.25) is 0 Å². The molecule has 0 radical (unpaired) electrons. The average Bonchev–Trinajstić information content (AvgIpc) is 3.07. The third-order valence-electron chi connectivity index (χ3n) is 5.53. The molecule has 0 bridgehead atoms. The van der Waals surface area contributed by atoms with Crippen molar-refractivity contribution in [1.29, 1.82) is 0 Å². The number of rotatable bonds is 4. The van der Waals surface area contributed by atoms with Gasteiger partial charge in [-0.1, -0.05) is 0 Å². The summed E-state index contributed by atoms with van der Waals surface area (Å²) >= 11 is 36.8. The molecule has 47 heavy (non-hydrogen) atoms. The molecule has 25 heteroatoms. The molecule has 0 unspecified atom stereocenters. The molecular formula is C22H24MoN10O6S8. The van der Waals surface area contributed by atoms with Gasteiger partial charge in [-0.3, -0.25) is 19.6 Å². The van der Waals surface area contributed by atoms with E-state index in [2.05, 4.69) is 45.2 Å². The third-order valence-corrected chi connectivity index (χ3v) is 6.90. The summed E-state index contributed by atoms with van der Waals surface area (Å²) in [6, 6.07) is 0. The van der Waals surface area contributed by atoms with E-state index in [-0.39, 0.29) is 28.7 Å². The van der Waals surface area contributed by atoms with Gasteiger partial charge < -0.3 is 59.2 Å². The molecule has 2 fully saturated rings. The summed E-state index contributed by atoms with van der Waals surface area (Å²) in [5.74, 6) is -1.04. The third kappa shape index (κ3) is 12.9. The molecule has 2 aromatic rings. The van der Waals surface area contributed by atoms with Gasteiger partial charge >= 0.3 is 25.3 Å². The summed E-state index contributed by atoms with van der Waals surface area (Å²) < 4.78 is 27.7. The van der Waals surface area contributed by atoms with Crippen LogP contribution >= 0.6 is 74.1 Å². The van der Waals surface area contributed by atoms with Crippen molar-refractivity contribution in [2.24, 2.45) is 0 Å². The van der Waals surface area contributed by atoms with Crippen LogP contribution in [-0.4, -0.2) is 132 Å². The Bertz CT molecular complexity index is 1340. The van der Waals surface area contributed by atoms with Crippen LogP contribution in [0.2, 0.25) is 0 Å². The molecule has 2 amide bonds. The van der Waals surface area contributed by atoms with E-state index >= 15 is 0 Å². The number of hydrogen-bond acceptors (Lipinski definition) is 18. The number of thiocarbonyl (C=S) groups is 4. The van der Waals surface area contributed by atoms with Gasteiger partial charge in [0.05, 0.1) is 38.8 Å². The number of ether oxygens (including phenoxy) is 2. The van der Waals surface area contributed by atoms with E-state index in [9.17, 15) is 9.59 Å². The molecule has 4 rings (SSSR count). The first kappa shape index (κ1) is 41.5. The number of morpholine rings is 2. The fraction of sp³-hybridized carbons (Fsp3) is 0.364. The standard InChI is InChI=1S/2C11H13N5O2S4.Mo.2O/c2*17-9(8-7-12-1-2-13-8)15(10(19)20)16(11(21)22)14-3-5-18-6-4-14;;;/h2*1-2,7H,3-6H2,(H,19,20)(H,21,22);;;/q;;+2;;/p-2. The molecule has 4 heterocycles. The molecule has 0 atom stereocenters. The molecule has 2 aliphatic heterocycles. The van der Waals surface area contributed by atoms with E-state index in [4.69, 9.17) is 90.4 Å². The van der Waals surface area contributed by atoms with E-state index in [0.29, 0.717) is 52.6 Å². The zero-order valence-electron chi connectivity index (χ0n) is 23.8. The molecule has 2 saturated heterocycles. The number of amides is 2. The molecule has 2 aliphatic rings. The minimum absolute atomic E-state index is 0.0847. The average molecular weight is 877 g/mol. The van der Waals surface area contributed by atoms with Gasteiger partial charge in [0.15, 0.2) is 8.64 Å². The Hall–Kier alpha value is -1.67. The predicted octanol–water partition coefficient (Wildman–Crippen LogP) is 0.619. The zero-order valence-corrected chi connectivity index (χ0v) is 32.5. The van der Waals surface area contributed by atoms with Gasteiger partial charge in [0, 0.05) is 51.0 Å². The monoisotopic (exact) mass is 878 g/mol. The Morgan fingerprint density at radius 3 is 1.26 bits per heavy atom. The summed E-state index contributed by atoms with van der Waals surface area (Å²) in [4.78, 5) is 41.0. The van der Waals surface area contributed by atoms with E-state index in [1.807, 2.05) is 0 Å². The predicted molar refractivity (Wildman–Crippen MR) is 189 cm³/mol. The van der Waals surface area contributed by atoms with Gasteiger partial charge in [-0.25, -0.2) is 20.0 Å². The van der Waals surface area contributed by atoms with Crippen molar-refractivity contribution in [3.63, 3.8) is 0 Å². The van der Waals surface area contributed by atoms with Gasteiger partial charge in [0.25, 0.3) is 11.8 Å². The van der Waals surface area contributed by atoms with E-state index < -0.39 is 30.3 Å². The quantitative estimate of drug-likeness (QED) is 0.145. The zero-order chi connectivity index (χ0) is 34.9. The van der Waals surface area contributed by atoms with Crippen molar-refractivity contribution in [2.75, 3.05) is 52.6 Å². The van der Waals surface area contributed by atoms with Crippen LogP contribution in [0.3, 0.4) is 0 Å². The normalized spacial score (nSPS) is 14.3. The summed E-state index contributed by atoms with van der Waals surface area (Å²) in [6.45, 7) is 4.14. The first-order valence-corrected chi connectivity index (χ1v) is 17.7. The topological polar surface area (TPSA) is 158 Å². The minimum atomic E-state index is -2.03. The van der Waals surface area contributed by atoms with Crippen LogP contribution in [-0.2, 0) is 60.0 Å². The van der Waals surface area contributed by atoms with Crippen LogP contribution in [0.4, 0.5) is 0 Å². The molecular weight excluding hydrogens is 853 g/mol. The first-order chi connectivity index (χ1) is 22.5. The number of hydrogen-bond donors (Lipinski definition) is 2. The van der Waals surface area contributed by atoms with Gasteiger partial charge in [0.1, 0.15) is 11.4 Å². The van der Waals surface area contributed by atoms with Crippen molar-refractivity contribution < 1.29 is 44.3 Å². The van der Waals surface area contributed by atoms with Crippen LogP contribution in [0.15, 0.2) is 37.2 Å². The molecule has 16 nitrogen and oxygen atoms in total. The van der Waals surface area contributed by atoms with Crippen LogP contribution in [0, 0.1) is 0 Å². The number of hydrazine groups is 4. The number of nitrogens with zero attached hydrogens (tertiary/aromatic N) is 10. The second-order valence-electron chi connectivity index (χ2n) is 8.29. The van der Waals surface area contributed by atoms with Crippen molar-refractivity contribution in [1.82, 2.24) is 50.2 Å². The molecule has 0 N–H and O–H groups in total. The summed E-state index contributed by atoms with van der Waals surface area (Å²) in [7, 11) is 0. The van der Waals surface area contributed by atoms with Gasteiger partial charge in [-0.2, -0.15) is 20.3 Å². The molecule has 252 valence electrons. The second-order valence-corrected chi connectivity index (χ2v) is 12.9. The fourth-order valence-corrected chi connectivity index (χ4v) is 5.15. The number of thiol groups is 2. The van der Waals surface area contributed by atoms with E-state index in [1.54, 1.807) is 10.0 Å². The molecule has 0 spiro atoms. The molecule has 0 saturated carbocycles. The van der Waals surface area contributed by atoms with E-state index in [0.717, 1.165) is 10.0 Å². The van der Waals surface area contributed by atoms with E-state index in [1.165, 1.54) is 47.4 Å². The molecule has 0 aromatic carbocycles. The maximum atomic E-state index is 12.7. The Labute approximate surface area is 321 Å². The number of carbonyl (C=O) groups excluding carboxylic acids is 2. The summed E-state index contributed by atoms with van der Waals surface area (Å²) in [6.07, 6.45) is 8.43. The first-order valence-electron chi connectivity index (χ1n) is 12.7. The van der Waals surface area contributed by atoms with Crippen LogP contribution in [0.25, 0.3) is 0 Å². The maximum absolute atomic E-state index is 12.7. The SMILES string of the molecule is O=C(c1cnccn1)N(C(=S)[S-])N(C(=S)S)N1CCOCC1.O=C(c1cnccn1)N(C(=S)[S-])N(C(=S)S)N1CCOCC1.[O]=[Mo+2]=[O]. The summed E-state index contributed by atoms with van der Waals surface area (Å²) in [5.41, 5.74) is 0.218. The van der Waals surface area contributed by atoms with Crippen molar-refractivity contribution in [3.05, 3.63) is 48.6 Å². The Morgan fingerprint density at radius 2 is 1.02 bits per heavy atom. The summed E-state index contributed by atoms with van der Waals surface area (Å²) in [5, 5.41) is 8.54. The van der Waals surface area contributed by atoms with Crippen molar-refractivity contribution in [3.8, 4) is 0 Å². The van der Waals surface area contributed by atoms with Crippen LogP contribution in [0.1, 0.15) is 21.0 Å². The number of aromatic nitrogens is 4. The molecule has 0 aliphatic carbocycles. The van der Waals surface area contributed by atoms with Gasteiger partial charge in [-0.15, -0.1) is 25.3 Å². The Morgan fingerprint density at radius 1 is 0.702 bits per heavy atom. The second kappa shape index (κ2) is 22.1. The van der Waals surface area contributed by atoms with Gasteiger partial charge in [-0.05, 0) is 33.1 Å². The van der Waals surface area contributed by atoms with Crippen molar-refractivity contribution >= 4 is 128 Å². The molecule has 2 aromatic heterocycles. The Balaban J connectivity index is 0.000000302.